The summed E-state index contributed by atoms with van der Waals surface area (Å²) < 4.78 is 4.63. The van der Waals surface area contributed by atoms with E-state index in [2.05, 4.69) is 15.4 Å². The second-order valence-corrected chi connectivity index (χ2v) is 2.95. The maximum absolute atomic E-state index is 11.5. The van der Waals surface area contributed by atoms with Gasteiger partial charge in [-0.25, -0.2) is 4.79 Å². The minimum Gasteiger partial charge on any atom is -0.450 e. The molecule has 16 heavy (non-hydrogen) atoms. The van der Waals surface area contributed by atoms with Crippen molar-refractivity contribution in [1.82, 2.24) is 10.6 Å². The van der Waals surface area contributed by atoms with Crippen molar-refractivity contribution in [2.45, 2.75) is 6.92 Å². The van der Waals surface area contributed by atoms with E-state index in [9.17, 15) is 9.59 Å². The van der Waals surface area contributed by atoms with Crippen LogP contribution in [0.5, 0.6) is 0 Å². The van der Waals surface area contributed by atoms with Crippen LogP contribution >= 0.6 is 0 Å². The van der Waals surface area contributed by atoms with Gasteiger partial charge in [0.2, 0.25) is 0 Å². The van der Waals surface area contributed by atoms with Gasteiger partial charge in [-0.15, -0.1) is 0 Å². The van der Waals surface area contributed by atoms with Crippen LogP contribution in [0.15, 0.2) is 30.3 Å². The lowest BCUT2D eigenvalue weighted by Crippen LogP contribution is -2.37. The molecular formula is C11H14N2O3. The number of carbonyl (C=O) groups is 2. The third kappa shape index (κ3) is 4.00. The van der Waals surface area contributed by atoms with Gasteiger partial charge in [0.15, 0.2) is 0 Å². The first-order chi connectivity index (χ1) is 7.74. The van der Waals surface area contributed by atoms with Crippen molar-refractivity contribution < 1.29 is 14.3 Å². The predicted molar refractivity (Wildman–Crippen MR) is 58.9 cm³/mol. The molecule has 0 atom stereocenters. The van der Waals surface area contributed by atoms with Gasteiger partial charge in [-0.2, -0.15) is 0 Å². The van der Waals surface area contributed by atoms with Crippen molar-refractivity contribution in [3.8, 4) is 0 Å². The topological polar surface area (TPSA) is 67.4 Å². The molecule has 0 aliphatic rings. The number of alkyl carbamates (subject to hydrolysis) is 1. The summed E-state index contributed by atoms with van der Waals surface area (Å²) in [7, 11) is 0. The number of benzene rings is 1. The molecule has 2 amide bonds. The molecule has 0 aliphatic heterocycles. The van der Waals surface area contributed by atoms with Crippen molar-refractivity contribution in [1.29, 1.82) is 0 Å². The van der Waals surface area contributed by atoms with Crippen molar-refractivity contribution in [2.24, 2.45) is 0 Å². The number of nitrogens with one attached hydrogen (secondary N) is 2. The number of hydrogen-bond acceptors (Lipinski definition) is 3. The van der Waals surface area contributed by atoms with Crippen LogP contribution in [0.2, 0.25) is 0 Å². The molecule has 0 aliphatic carbocycles. The van der Waals surface area contributed by atoms with Gasteiger partial charge >= 0.3 is 6.09 Å². The Morgan fingerprint density at radius 3 is 2.50 bits per heavy atom. The molecule has 5 nitrogen and oxygen atoms in total. The second kappa shape index (κ2) is 6.44. The Bertz CT molecular complexity index is 352. The van der Waals surface area contributed by atoms with E-state index < -0.39 is 6.09 Å². The third-order valence-corrected chi connectivity index (χ3v) is 1.79. The van der Waals surface area contributed by atoms with E-state index in [-0.39, 0.29) is 12.6 Å². The molecule has 0 saturated heterocycles. The van der Waals surface area contributed by atoms with Crippen molar-refractivity contribution in [3.63, 3.8) is 0 Å². The summed E-state index contributed by atoms with van der Waals surface area (Å²) in [5.41, 5.74) is 0.549. The minimum atomic E-state index is -0.545. The smallest absolute Gasteiger partial charge is 0.408 e. The van der Waals surface area contributed by atoms with Gasteiger partial charge in [0.25, 0.3) is 5.91 Å². The lowest BCUT2D eigenvalue weighted by atomic mass is 10.2. The molecular weight excluding hydrogens is 208 g/mol. The summed E-state index contributed by atoms with van der Waals surface area (Å²) in [6.07, 6.45) is -0.545. The second-order valence-electron chi connectivity index (χ2n) is 2.95. The molecule has 0 saturated carbocycles. The van der Waals surface area contributed by atoms with Crippen LogP contribution in [0.1, 0.15) is 17.3 Å². The molecule has 0 bridgehead atoms. The van der Waals surface area contributed by atoms with Gasteiger partial charge in [0.1, 0.15) is 0 Å². The molecule has 2 N–H and O–H groups in total. The number of hydrogen-bond donors (Lipinski definition) is 2. The number of carbonyl (C=O) groups excluding carboxylic acids is 2. The molecule has 0 spiro atoms. The molecule has 0 aromatic heterocycles. The first-order valence-corrected chi connectivity index (χ1v) is 4.98. The van der Waals surface area contributed by atoms with Crippen molar-refractivity contribution >= 4 is 12.0 Å². The molecule has 0 heterocycles. The van der Waals surface area contributed by atoms with E-state index >= 15 is 0 Å². The Hall–Kier alpha value is -2.04. The van der Waals surface area contributed by atoms with Gasteiger partial charge in [0, 0.05) is 5.56 Å². The highest BCUT2D eigenvalue weighted by molar-refractivity contribution is 5.94. The highest BCUT2D eigenvalue weighted by atomic mass is 16.5. The van der Waals surface area contributed by atoms with Gasteiger partial charge in [-0.1, -0.05) is 18.2 Å². The summed E-state index contributed by atoms with van der Waals surface area (Å²) in [6, 6.07) is 8.76. The first kappa shape index (κ1) is 12.0. The van der Waals surface area contributed by atoms with Crippen LogP contribution in [0.3, 0.4) is 0 Å². The average Bonchev–Trinajstić information content (AvgIpc) is 2.30. The molecule has 1 aromatic rings. The third-order valence-electron chi connectivity index (χ3n) is 1.79. The molecule has 86 valence electrons. The maximum Gasteiger partial charge on any atom is 0.408 e. The van der Waals surface area contributed by atoms with Crippen LogP contribution in [0.4, 0.5) is 4.79 Å². The fraction of sp³-hybridized carbons (Fsp3) is 0.273. The van der Waals surface area contributed by atoms with E-state index in [0.29, 0.717) is 12.2 Å². The van der Waals surface area contributed by atoms with Crippen LogP contribution < -0.4 is 10.6 Å². The zero-order valence-electron chi connectivity index (χ0n) is 9.03. The van der Waals surface area contributed by atoms with Crippen LogP contribution in [0, 0.1) is 0 Å². The first-order valence-electron chi connectivity index (χ1n) is 4.98. The Morgan fingerprint density at radius 2 is 1.88 bits per heavy atom. The zero-order chi connectivity index (χ0) is 11.8. The summed E-state index contributed by atoms with van der Waals surface area (Å²) in [5, 5.41) is 4.93. The molecule has 0 unspecified atom stereocenters. The monoisotopic (exact) mass is 222 g/mol. The SMILES string of the molecule is CCOC(=O)NCNC(=O)c1ccccc1. The highest BCUT2D eigenvalue weighted by Crippen LogP contribution is 1.96. The van der Waals surface area contributed by atoms with Crippen molar-refractivity contribution in [2.75, 3.05) is 13.3 Å². The van der Waals surface area contributed by atoms with Gasteiger partial charge in [-0.05, 0) is 19.1 Å². The zero-order valence-corrected chi connectivity index (χ0v) is 9.03. The fourth-order valence-corrected chi connectivity index (χ4v) is 1.07. The Labute approximate surface area is 93.8 Å². The van der Waals surface area contributed by atoms with Crippen molar-refractivity contribution in [3.05, 3.63) is 35.9 Å². The van der Waals surface area contributed by atoms with E-state index in [0.717, 1.165) is 0 Å². The van der Waals surface area contributed by atoms with Crippen LogP contribution in [-0.2, 0) is 4.74 Å². The lowest BCUT2D eigenvalue weighted by Gasteiger charge is -2.06. The normalized spacial score (nSPS) is 9.31. The van der Waals surface area contributed by atoms with Gasteiger partial charge in [-0.3, -0.25) is 4.79 Å². The largest absolute Gasteiger partial charge is 0.450 e. The summed E-state index contributed by atoms with van der Waals surface area (Å²) in [5.74, 6) is -0.239. The number of rotatable bonds is 4. The molecule has 0 fully saturated rings. The standard InChI is InChI=1S/C11H14N2O3/c1-2-16-11(15)13-8-12-10(14)9-6-4-3-5-7-9/h3-7H,2,8H2,1H3,(H,12,14)(H,13,15). The van der Waals surface area contributed by atoms with E-state index in [1.165, 1.54) is 0 Å². The Morgan fingerprint density at radius 1 is 1.19 bits per heavy atom. The fourth-order valence-electron chi connectivity index (χ4n) is 1.07. The van der Waals surface area contributed by atoms with E-state index in [1.54, 1.807) is 31.2 Å². The Balaban J connectivity index is 2.29. The summed E-state index contributed by atoms with van der Waals surface area (Å²) in [6.45, 7) is 2.06. The quantitative estimate of drug-likeness (QED) is 0.750. The number of amides is 2. The van der Waals surface area contributed by atoms with Gasteiger partial charge in [0.05, 0.1) is 13.3 Å². The number of ether oxygens (including phenoxy) is 1. The highest BCUT2D eigenvalue weighted by Gasteiger charge is 2.04. The minimum absolute atomic E-state index is 0.0482. The van der Waals surface area contributed by atoms with Crippen LogP contribution in [0.25, 0.3) is 0 Å². The maximum atomic E-state index is 11.5. The molecule has 1 aromatic carbocycles. The summed E-state index contributed by atoms with van der Waals surface area (Å²) >= 11 is 0. The lowest BCUT2D eigenvalue weighted by molar-refractivity contribution is 0.0948. The van der Waals surface area contributed by atoms with E-state index in [4.69, 9.17) is 0 Å². The average molecular weight is 222 g/mol. The van der Waals surface area contributed by atoms with Gasteiger partial charge < -0.3 is 15.4 Å². The molecule has 1 rings (SSSR count). The molecule has 5 heteroatoms. The van der Waals surface area contributed by atoms with Crippen LogP contribution in [-0.4, -0.2) is 25.3 Å². The molecule has 0 radical (unpaired) electrons. The summed E-state index contributed by atoms with van der Waals surface area (Å²) in [4.78, 5) is 22.4. The van der Waals surface area contributed by atoms with E-state index in [1.807, 2.05) is 6.07 Å². The Kier molecular flexibility index (Phi) is 4.85. The predicted octanol–water partition coefficient (Wildman–Crippen LogP) is 1.12.